The summed E-state index contributed by atoms with van der Waals surface area (Å²) in [6.07, 6.45) is 3.16. The molecule has 0 spiro atoms. The Hall–Kier alpha value is -1.19. The van der Waals surface area contributed by atoms with E-state index in [1.165, 1.54) is 38.2 Å². The van der Waals surface area contributed by atoms with Gasteiger partial charge in [-0.1, -0.05) is 18.2 Å². The summed E-state index contributed by atoms with van der Waals surface area (Å²) >= 11 is 0. The van der Waals surface area contributed by atoms with Gasteiger partial charge in [0.2, 0.25) is 6.29 Å². The summed E-state index contributed by atoms with van der Waals surface area (Å²) in [5, 5.41) is 0. The van der Waals surface area contributed by atoms with E-state index in [1.54, 1.807) is 0 Å². The van der Waals surface area contributed by atoms with E-state index in [1.807, 2.05) is 6.07 Å². The summed E-state index contributed by atoms with van der Waals surface area (Å²) in [7, 11) is 2.96. The van der Waals surface area contributed by atoms with Gasteiger partial charge in [-0.15, -0.1) is 0 Å². The molecule has 92 valence electrons. The van der Waals surface area contributed by atoms with Crippen LogP contribution < -0.4 is 0 Å². The zero-order chi connectivity index (χ0) is 12.3. The Labute approximate surface area is 102 Å². The molecule has 1 aromatic rings. The molecule has 0 saturated carbocycles. The molecule has 17 heavy (non-hydrogen) atoms. The number of carbonyl (C=O) groups excluding carboxylic acids is 1. The number of Topliss-reactive ketones (excluding diaryl/α,β-unsaturated/α-hetero) is 1. The summed E-state index contributed by atoms with van der Waals surface area (Å²) in [6.45, 7) is 0. The summed E-state index contributed by atoms with van der Waals surface area (Å²) in [4.78, 5) is 11.8. The molecule has 0 saturated heterocycles. The number of fused-ring (bicyclic) bond motifs is 1. The van der Waals surface area contributed by atoms with Crippen molar-refractivity contribution in [3.8, 4) is 0 Å². The van der Waals surface area contributed by atoms with Gasteiger partial charge in [-0.25, -0.2) is 0 Å². The van der Waals surface area contributed by atoms with E-state index in [2.05, 4.69) is 12.1 Å². The van der Waals surface area contributed by atoms with Crippen molar-refractivity contribution < 1.29 is 14.3 Å². The van der Waals surface area contributed by atoms with E-state index in [4.69, 9.17) is 9.47 Å². The van der Waals surface area contributed by atoms with Crippen molar-refractivity contribution in [3.05, 3.63) is 34.9 Å². The summed E-state index contributed by atoms with van der Waals surface area (Å²) < 4.78 is 9.91. The second-order valence-corrected chi connectivity index (χ2v) is 4.40. The number of carbonyl (C=O) groups is 1. The Morgan fingerprint density at radius 1 is 1.24 bits per heavy atom. The van der Waals surface area contributed by atoms with E-state index in [0.717, 1.165) is 12.0 Å². The fraction of sp³-hybridized carbons (Fsp3) is 0.500. The maximum absolute atomic E-state index is 11.8. The van der Waals surface area contributed by atoms with Crippen molar-refractivity contribution in [1.82, 2.24) is 0 Å². The molecule has 2 rings (SSSR count). The van der Waals surface area contributed by atoms with Crippen LogP contribution in [0.2, 0.25) is 0 Å². The standard InChI is InChI=1S/C14H18O3/c1-16-14(17-2)13(15)9-10-6-7-11-4-3-5-12(11)8-10/h6-8,14H,3-5,9H2,1-2H3. The third kappa shape index (κ3) is 2.73. The number of rotatable bonds is 5. The molecule has 0 heterocycles. The van der Waals surface area contributed by atoms with Crippen molar-refractivity contribution >= 4 is 5.78 Å². The second kappa shape index (κ2) is 5.43. The number of ketones is 1. The van der Waals surface area contributed by atoms with Gasteiger partial charge >= 0.3 is 0 Å². The molecular weight excluding hydrogens is 216 g/mol. The molecule has 1 aliphatic rings. The lowest BCUT2D eigenvalue weighted by Crippen LogP contribution is -2.26. The molecule has 3 nitrogen and oxygen atoms in total. The molecule has 0 N–H and O–H groups in total. The molecule has 0 amide bonds. The van der Waals surface area contributed by atoms with Gasteiger partial charge in [0.05, 0.1) is 0 Å². The number of hydrogen-bond acceptors (Lipinski definition) is 3. The first kappa shape index (κ1) is 12.3. The fourth-order valence-corrected chi connectivity index (χ4v) is 2.38. The number of benzene rings is 1. The molecule has 0 atom stereocenters. The zero-order valence-electron chi connectivity index (χ0n) is 10.4. The molecule has 0 unspecified atom stereocenters. The lowest BCUT2D eigenvalue weighted by Gasteiger charge is -2.12. The first-order valence-electron chi connectivity index (χ1n) is 5.93. The minimum Gasteiger partial charge on any atom is -0.349 e. The van der Waals surface area contributed by atoms with Gasteiger partial charge in [-0.3, -0.25) is 4.79 Å². The van der Waals surface area contributed by atoms with Gasteiger partial charge in [-0.05, 0) is 36.0 Å². The van der Waals surface area contributed by atoms with Crippen molar-refractivity contribution in [2.45, 2.75) is 32.0 Å². The van der Waals surface area contributed by atoms with Crippen molar-refractivity contribution in [3.63, 3.8) is 0 Å². The molecular formula is C14H18O3. The zero-order valence-corrected chi connectivity index (χ0v) is 10.4. The fourth-order valence-electron chi connectivity index (χ4n) is 2.38. The van der Waals surface area contributed by atoms with Crippen molar-refractivity contribution in [2.75, 3.05) is 14.2 Å². The number of aryl methyl sites for hydroxylation is 2. The maximum atomic E-state index is 11.8. The monoisotopic (exact) mass is 234 g/mol. The number of ether oxygens (including phenoxy) is 2. The second-order valence-electron chi connectivity index (χ2n) is 4.40. The highest BCUT2D eigenvalue weighted by Gasteiger charge is 2.18. The highest BCUT2D eigenvalue weighted by molar-refractivity contribution is 5.84. The number of methoxy groups -OCH3 is 2. The smallest absolute Gasteiger partial charge is 0.217 e. The van der Waals surface area contributed by atoms with Crippen LogP contribution >= 0.6 is 0 Å². The van der Waals surface area contributed by atoms with E-state index in [9.17, 15) is 4.79 Å². The Bertz CT molecular complexity index is 408. The normalized spacial score (nSPS) is 14.1. The number of hydrogen-bond donors (Lipinski definition) is 0. The molecule has 1 aromatic carbocycles. The van der Waals surface area contributed by atoms with E-state index >= 15 is 0 Å². The quantitative estimate of drug-likeness (QED) is 0.730. The van der Waals surface area contributed by atoms with Gasteiger partial charge in [0.25, 0.3) is 0 Å². The van der Waals surface area contributed by atoms with Gasteiger partial charge in [0.1, 0.15) is 0 Å². The van der Waals surface area contributed by atoms with E-state index in [0.29, 0.717) is 6.42 Å². The highest BCUT2D eigenvalue weighted by atomic mass is 16.7. The van der Waals surface area contributed by atoms with Crippen LogP contribution in [-0.2, 0) is 33.5 Å². The Morgan fingerprint density at radius 2 is 1.94 bits per heavy atom. The lowest BCUT2D eigenvalue weighted by molar-refractivity contribution is -0.155. The van der Waals surface area contributed by atoms with Crippen LogP contribution in [0.4, 0.5) is 0 Å². The van der Waals surface area contributed by atoms with Crippen LogP contribution in [0.25, 0.3) is 0 Å². The average molecular weight is 234 g/mol. The van der Waals surface area contributed by atoms with E-state index in [-0.39, 0.29) is 5.78 Å². The molecule has 0 radical (unpaired) electrons. The molecule has 0 bridgehead atoms. The van der Waals surface area contributed by atoms with Crippen LogP contribution in [0.3, 0.4) is 0 Å². The minimum atomic E-state index is -0.747. The van der Waals surface area contributed by atoms with Crippen LogP contribution in [0.15, 0.2) is 18.2 Å². The van der Waals surface area contributed by atoms with Crippen molar-refractivity contribution in [2.24, 2.45) is 0 Å². The average Bonchev–Trinajstić information content (AvgIpc) is 2.77. The predicted molar refractivity (Wildman–Crippen MR) is 65.0 cm³/mol. The molecule has 1 aliphatic carbocycles. The first-order valence-corrected chi connectivity index (χ1v) is 5.93. The first-order chi connectivity index (χ1) is 8.24. The molecule has 0 aromatic heterocycles. The lowest BCUT2D eigenvalue weighted by atomic mass is 10.0. The maximum Gasteiger partial charge on any atom is 0.217 e. The summed E-state index contributed by atoms with van der Waals surface area (Å²) in [5.74, 6) is -0.0343. The van der Waals surface area contributed by atoms with Gasteiger partial charge in [0, 0.05) is 20.6 Å². The molecule has 3 heteroatoms. The SMILES string of the molecule is COC(OC)C(=O)Cc1ccc2c(c1)CCC2. The predicted octanol–water partition coefficient (Wildman–Crippen LogP) is 1.91. The third-order valence-corrected chi connectivity index (χ3v) is 3.23. The Kier molecular flexibility index (Phi) is 3.92. The van der Waals surface area contributed by atoms with Crippen LogP contribution in [0.5, 0.6) is 0 Å². The minimum absolute atomic E-state index is 0.0343. The summed E-state index contributed by atoms with van der Waals surface area (Å²) in [6, 6.07) is 6.31. The van der Waals surface area contributed by atoms with Gasteiger partial charge < -0.3 is 9.47 Å². The van der Waals surface area contributed by atoms with E-state index < -0.39 is 6.29 Å². The van der Waals surface area contributed by atoms with Crippen LogP contribution in [0.1, 0.15) is 23.1 Å². The van der Waals surface area contributed by atoms with Crippen LogP contribution in [0, 0.1) is 0 Å². The Morgan fingerprint density at radius 3 is 2.65 bits per heavy atom. The largest absolute Gasteiger partial charge is 0.349 e. The van der Waals surface area contributed by atoms with Gasteiger partial charge in [-0.2, -0.15) is 0 Å². The van der Waals surface area contributed by atoms with Crippen LogP contribution in [-0.4, -0.2) is 26.3 Å². The summed E-state index contributed by atoms with van der Waals surface area (Å²) in [5.41, 5.74) is 3.87. The highest BCUT2D eigenvalue weighted by Crippen LogP contribution is 2.23. The van der Waals surface area contributed by atoms with Gasteiger partial charge in [0.15, 0.2) is 5.78 Å². The Balaban J connectivity index is 2.06. The topological polar surface area (TPSA) is 35.5 Å². The third-order valence-electron chi connectivity index (χ3n) is 3.23. The van der Waals surface area contributed by atoms with Crippen molar-refractivity contribution in [1.29, 1.82) is 0 Å². The molecule has 0 aliphatic heterocycles. The molecule has 0 fully saturated rings.